The van der Waals surface area contributed by atoms with Crippen LogP contribution in [0.2, 0.25) is 18.6 Å². The maximum atomic E-state index is 11.8. The van der Waals surface area contributed by atoms with Gasteiger partial charge in [0.15, 0.2) is 0 Å². The Labute approximate surface area is 236 Å². The molecule has 0 saturated carbocycles. The molecule has 0 amide bonds. The molecule has 1 heterocycles. The number of thiol groups is 3. The van der Waals surface area contributed by atoms with Crippen LogP contribution in [0, 0.1) is 17.8 Å². The molecule has 0 aromatic heterocycles. The molecule has 0 aliphatic carbocycles. The molecule has 0 aromatic carbocycles. The van der Waals surface area contributed by atoms with E-state index >= 15 is 0 Å². The average Bonchev–Trinajstić information content (AvgIpc) is 2.86. The standard InChI is InChI=1S/C23H48O8S3Si2/c1-19(13-24)14-27-35(4,11-5-9-26-22(25)7-8-23(33)34)28-15-20(2)16-29-36(12-6-10-32)30-17-21(3)18-31-36/h19-21,23-24,32-34H,5-18H2,1-4H3. The molecule has 13 heteroatoms. The van der Waals surface area contributed by atoms with Gasteiger partial charge in [0.05, 0.1) is 6.61 Å². The Hall–Kier alpha value is 0.714. The Morgan fingerprint density at radius 1 is 1.11 bits per heavy atom. The van der Waals surface area contributed by atoms with Crippen LogP contribution in [-0.4, -0.2) is 85.0 Å². The van der Waals surface area contributed by atoms with Crippen LogP contribution in [0.25, 0.3) is 0 Å². The topological polar surface area (TPSA) is 92.7 Å². The third-order valence-corrected chi connectivity index (χ3v) is 12.1. The van der Waals surface area contributed by atoms with Crippen molar-refractivity contribution in [2.75, 3.05) is 52.0 Å². The zero-order valence-corrected chi connectivity index (χ0v) is 27.0. The smallest absolute Gasteiger partial charge is 0.466 e. The molecule has 1 N–H and O–H groups in total. The van der Waals surface area contributed by atoms with Gasteiger partial charge in [-0.15, -0.1) is 0 Å². The first-order valence-electron chi connectivity index (χ1n) is 13.0. The molecular weight excluding hydrogens is 557 g/mol. The lowest BCUT2D eigenvalue weighted by Crippen LogP contribution is -2.52. The van der Waals surface area contributed by atoms with Gasteiger partial charge in [0.1, 0.15) is 0 Å². The monoisotopic (exact) mass is 604 g/mol. The lowest BCUT2D eigenvalue weighted by molar-refractivity contribution is -0.143. The number of aliphatic hydroxyl groups excluding tert-OH is 1. The zero-order chi connectivity index (χ0) is 27.0. The summed E-state index contributed by atoms with van der Waals surface area (Å²) in [7, 11) is -5.24. The summed E-state index contributed by atoms with van der Waals surface area (Å²) in [6.45, 7) is 11.2. The Balaban J connectivity index is 2.55. The Morgan fingerprint density at radius 2 is 1.75 bits per heavy atom. The number of esters is 1. The minimum atomic E-state index is -2.68. The summed E-state index contributed by atoms with van der Waals surface area (Å²) in [6.07, 6.45) is 2.41. The summed E-state index contributed by atoms with van der Waals surface area (Å²) in [6, 6.07) is 1.45. The van der Waals surface area contributed by atoms with Crippen molar-refractivity contribution in [3.63, 3.8) is 0 Å². The molecule has 214 valence electrons. The van der Waals surface area contributed by atoms with Crippen LogP contribution in [-0.2, 0) is 31.7 Å². The molecule has 1 aliphatic rings. The number of carbonyl (C=O) groups excluding carboxylic acids is 1. The van der Waals surface area contributed by atoms with Gasteiger partial charge in [-0.3, -0.25) is 4.79 Å². The minimum Gasteiger partial charge on any atom is -0.466 e. The number of hydrogen-bond donors (Lipinski definition) is 4. The van der Waals surface area contributed by atoms with Gasteiger partial charge < -0.3 is 32.0 Å². The van der Waals surface area contributed by atoms with E-state index in [9.17, 15) is 9.90 Å². The Bertz CT molecular complexity index is 594. The Kier molecular flexibility index (Phi) is 18.2. The van der Waals surface area contributed by atoms with Gasteiger partial charge in [-0.1, -0.05) is 20.8 Å². The fourth-order valence-electron chi connectivity index (χ4n) is 3.32. The minimum absolute atomic E-state index is 0.0232. The maximum absolute atomic E-state index is 11.8. The van der Waals surface area contributed by atoms with Crippen LogP contribution in [0.1, 0.15) is 46.5 Å². The van der Waals surface area contributed by atoms with E-state index in [1.54, 1.807) is 0 Å². The van der Waals surface area contributed by atoms with Crippen molar-refractivity contribution in [3.8, 4) is 0 Å². The fourth-order valence-corrected chi connectivity index (χ4v) is 9.37. The second kappa shape index (κ2) is 18.9. The number of aliphatic hydroxyl groups is 1. The molecule has 1 aliphatic heterocycles. The molecule has 0 bridgehead atoms. The summed E-state index contributed by atoms with van der Waals surface area (Å²) in [5.41, 5.74) is 0. The highest BCUT2D eigenvalue weighted by atomic mass is 32.2. The first-order valence-corrected chi connectivity index (χ1v) is 19.1. The van der Waals surface area contributed by atoms with Crippen LogP contribution in [0.3, 0.4) is 0 Å². The first-order chi connectivity index (χ1) is 17.0. The summed E-state index contributed by atoms with van der Waals surface area (Å²) >= 11 is 12.7. The summed E-state index contributed by atoms with van der Waals surface area (Å²) in [4.78, 5) is 11.8. The van der Waals surface area contributed by atoms with E-state index in [-0.39, 0.29) is 29.0 Å². The van der Waals surface area contributed by atoms with Crippen LogP contribution < -0.4 is 0 Å². The largest absolute Gasteiger partial charge is 0.501 e. The van der Waals surface area contributed by atoms with Crippen LogP contribution >= 0.6 is 37.9 Å². The molecular formula is C23H48O8S3Si2. The van der Waals surface area contributed by atoms with Crippen molar-refractivity contribution >= 4 is 61.2 Å². The lowest BCUT2D eigenvalue weighted by atomic mass is 10.2. The third kappa shape index (κ3) is 15.3. The summed E-state index contributed by atoms with van der Waals surface area (Å²) < 4.78 is 36.2. The fraction of sp³-hybridized carbons (Fsp3) is 0.957. The van der Waals surface area contributed by atoms with E-state index in [0.717, 1.165) is 18.2 Å². The van der Waals surface area contributed by atoms with Gasteiger partial charge in [-0.25, -0.2) is 0 Å². The van der Waals surface area contributed by atoms with E-state index in [1.807, 2.05) is 13.5 Å². The lowest BCUT2D eigenvalue weighted by Gasteiger charge is -2.36. The molecule has 0 radical (unpaired) electrons. The van der Waals surface area contributed by atoms with E-state index in [1.165, 1.54) is 0 Å². The van der Waals surface area contributed by atoms with E-state index < -0.39 is 17.4 Å². The van der Waals surface area contributed by atoms with E-state index in [0.29, 0.717) is 70.9 Å². The van der Waals surface area contributed by atoms with Crippen molar-refractivity contribution in [2.45, 2.75) is 69.7 Å². The predicted molar refractivity (Wildman–Crippen MR) is 156 cm³/mol. The highest BCUT2D eigenvalue weighted by Crippen LogP contribution is 2.26. The van der Waals surface area contributed by atoms with Gasteiger partial charge in [0.2, 0.25) is 0 Å². The molecule has 3 atom stereocenters. The molecule has 0 spiro atoms. The maximum Gasteiger partial charge on any atom is 0.501 e. The highest BCUT2D eigenvalue weighted by molar-refractivity contribution is 7.99. The molecule has 1 saturated heterocycles. The number of ether oxygens (including phenoxy) is 1. The summed E-state index contributed by atoms with van der Waals surface area (Å²) in [5, 5.41) is 9.40. The van der Waals surface area contributed by atoms with Gasteiger partial charge in [0.25, 0.3) is 0 Å². The van der Waals surface area contributed by atoms with Crippen LogP contribution in [0.15, 0.2) is 0 Å². The van der Waals surface area contributed by atoms with Crippen LogP contribution in [0.5, 0.6) is 0 Å². The highest BCUT2D eigenvalue weighted by Gasteiger charge is 2.44. The van der Waals surface area contributed by atoms with Crippen molar-refractivity contribution < 1.29 is 36.8 Å². The first kappa shape index (κ1) is 34.7. The third-order valence-electron chi connectivity index (χ3n) is 5.71. The van der Waals surface area contributed by atoms with Gasteiger partial charge in [-0.05, 0) is 37.6 Å². The second-order valence-corrected chi connectivity index (χ2v) is 18.2. The van der Waals surface area contributed by atoms with Crippen molar-refractivity contribution in [3.05, 3.63) is 0 Å². The van der Waals surface area contributed by atoms with Gasteiger partial charge >= 0.3 is 23.3 Å². The Morgan fingerprint density at radius 3 is 2.33 bits per heavy atom. The SMILES string of the molecule is CC(CO)CO[Si](C)(CCCOC(=O)CCC(S)S)OCC(C)CO[Si]1(CCCS)OCC(C)CO1. The molecule has 1 rings (SSSR count). The zero-order valence-electron chi connectivity index (χ0n) is 22.4. The molecule has 0 aromatic rings. The van der Waals surface area contributed by atoms with Crippen molar-refractivity contribution in [1.82, 2.24) is 0 Å². The quantitative estimate of drug-likeness (QED) is 0.0540. The summed E-state index contributed by atoms with van der Waals surface area (Å²) in [5.74, 6) is 1.04. The van der Waals surface area contributed by atoms with E-state index in [4.69, 9.17) is 26.9 Å². The van der Waals surface area contributed by atoms with Crippen molar-refractivity contribution in [2.24, 2.45) is 17.8 Å². The molecule has 8 nitrogen and oxygen atoms in total. The molecule has 1 fully saturated rings. The predicted octanol–water partition coefficient (Wildman–Crippen LogP) is 4.21. The molecule has 36 heavy (non-hydrogen) atoms. The second-order valence-electron chi connectivity index (χ2n) is 10.0. The normalized spacial score (nSPS) is 23.9. The number of carbonyl (C=O) groups is 1. The van der Waals surface area contributed by atoms with Gasteiger partial charge in [0, 0.05) is 74.4 Å². The van der Waals surface area contributed by atoms with E-state index in [2.05, 4.69) is 51.7 Å². The number of hydrogen-bond acceptors (Lipinski definition) is 11. The van der Waals surface area contributed by atoms with Crippen molar-refractivity contribution in [1.29, 1.82) is 0 Å². The average molecular weight is 605 g/mol. The number of rotatable bonds is 20. The molecule has 3 unspecified atom stereocenters. The van der Waals surface area contributed by atoms with Gasteiger partial charge in [-0.2, -0.15) is 37.9 Å². The van der Waals surface area contributed by atoms with Crippen LogP contribution in [0.4, 0.5) is 0 Å².